The molecule has 0 N–H and O–H groups in total. The molecule has 5 nitrogen and oxygen atoms in total. The first-order valence-electron chi connectivity index (χ1n) is 12.8. The number of benzene rings is 2. The highest BCUT2D eigenvalue weighted by Crippen LogP contribution is 2.63. The van der Waals surface area contributed by atoms with Gasteiger partial charge in [-0.1, -0.05) is 40.9 Å². The van der Waals surface area contributed by atoms with Crippen molar-refractivity contribution in [2.45, 2.75) is 39.5 Å². The molecule has 6 rings (SSSR count). The Morgan fingerprint density at radius 3 is 2.51 bits per heavy atom. The van der Waals surface area contributed by atoms with E-state index in [1.165, 1.54) is 44.5 Å². The topological polar surface area (TPSA) is 41.5 Å². The molecule has 35 heavy (non-hydrogen) atoms. The Hall–Kier alpha value is -3.12. The summed E-state index contributed by atoms with van der Waals surface area (Å²) in [6.07, 6.45) is 5.57. The summed E-state index contributed by atoms with van der Waals surface area (Å²) in [4.78, 5) is 5.97. The van der Waals surface area contributed by atoms with Crippen LogP contribution in [0.5, 0.6) is 5.75 Å². The third-order valence-electron chi connectivity index (χ3n) is 8.05. The molecule has 2 atom stereocenters. The third-order valence-corrected chi connectivity index (χ3v) is 8.81. The highest BCUT2D eigenvalue weighted by Gasteiger charge is 2.57. The summed E-state index contributed by atoms with van der Waals surface area (Å²) >= 11 is 1.51. The molecule has 0 saturated carbocycles. The Morgan fingerprint density at radius 1 is 0.971 bits per heavy atom. The van der Waals surface area contributed by atoms with E-state index in [1.807, 2.05) is 0 Å². The van der Waals surface area contributed by atoms with Gasteiger partial charge >= 0.3 is 0 Å². The SMILES string of the molecule is CCN(CC)C1=CCC2C(=C1)Oc1cc(N(CC)CC)ccc1C21c2ccccc2-c2snnc21. The molecule has 6 heteroatoms. The summed E-state index contributed by atoms with van der Waals surface area (Å²) in [5.74, 6) is 2.11. The van der Waals surface area contributed by atoms with Gasteiger partial charge in [0.05, 0.1) is 16.0 Å². The quantitative estimate of drug-likeness (QED) is 0.415. The molecule has 3 aromatic rings. The van der Waals surface area contributed by atoms with Gasteiger partial charge in [-0.2, -0.15) is 0 Å². The fourth-order valence-corrected chi connectivity index (χ4v) is 7.15. The normalized spacial score (nSPS) is 21.3. The van der Waals surface area contributed by atoms with Crippen molar-refractivity contribution in [3.63, 3.8) is 0 Å². The molecular weight excluding hydrogens is 452 g/mol. The van der Waals surface area contributed by atoms with Crippen molar-refractivity contribution in [2.75, 3.05) is 31.1 Å². The van der Waals surface area contributed by atoms with Crippen molar-refractivity contribution in [2.24, 2.45) is 5.92 Å². The van der Waals surface area contributed by atoms with Gasteiger partial charge in [-0.25, -0.2) is 0 Å². The number of rotatable bonds is 6. The van der Waals surface area contributed by atoms with E-state index in [0.29, 0.717) is 0 Å². The Labute approximate surface area is 211 Å². The second-order valence-electron chi connectivity index (χ2n) is 9.40. The third kappa shape index (κ3) is 3.05. The maximum Gasteiger partial charge on any atom is 0.133 e. The maximum atomic E-state index is 6.80. The van der Waals surface area contributed by atoms with Crippen molar-refractivity contribution in [3.8, 4) is 16.2 Å². The van der Waals surface area contributed by atoms with Crippen LogP contribution in [0, 0.1) is 5.92 Å². The minimum atomic E-state index is -0.397. The number of hydrogen-bond acceptors (Lipinski definition) is 6. The largest absolute Gasteiger partial charge is 0.461 e. The zero-order valence-electron chi connectivity index (χ0n) is 20.9. The average molecular weight is 485 g/mol. The minimum absolute atomic E-state index is 0.139. The van der Waals surface area contributed by atoms with Crippen LogP contribution in [0.2, 0.25) is 0 Å². The van der Waals surface area contributed by atoms with Crippen molar-refractivity contribution in [1.29, 1.82) is 0 Å². The number of hydrogen-bond donors (Lipinski definition) is 0. The predicted octanol–water partition coefficient (Wildman–Crippen LogP) is 6.22. The van der Waals surface area contributed by atoms with E-state index in [1.54, 1.807) is 0 Å². The van der Waals surface area contributed by atoms with Crippen LogP contribution in [0.3, 0.4) is 0 Å². The standard InChI is InChI=1S/C29H32N4OS/c1-5-32(6-2)19-13-15-23-25(17-19)34-26-18-20(33(7-3)8-4)14-16-24(26)29(23)22-12-10-9-11-21(22)27-28(29)30-31-35-27/h9-15,17-18,24H,5-8,16H2,1-4H3. The molecule has 1 aliphatic heterocycles. The number of fused-ring (bicyclic) bond motifs is 9. The number of allylic oxidation sites excluding steroid dienone is 3. The summed E-state index contributed by atoms with van der Waals surface area (Å²) in [6, 6.07) is 15.6. The second kappa shape index (κ2) is 8.52. The molecule has 0 bridgehead atoms. The summed E-state index contributed by atoms with van der Waals surface area (Å²) in [7, 11) is 0. The van der Waals surface area contributed by atoms with E-state index in [9.17, 15) is 0 Å². The number of ether oxygens (including phenoxy) is 1. The molecule has 0 radical (unpaired) electrons. The molecule has 2 unspecified atom stereocenters. The molecule has 0 fully saturated rings. The minimum Gasteiger partial charge on any atom is -0.461 e. The zero-order chi connectivity index (χ0) is 24.2. The Morgan fingerprint density at radius 2 is 1.74 bits per heavy atom. The van der Waals surface area contributed by atoms with Crippen LogP contribution in [0.4, 0.5) is 5.69 Å². The van der Waals surface area contributed by atoms with Crippen molar-refractivity contribution < 1.29 is 4.74 Å². The van der Waals surface area contributed by atoms with Crippen LogP contribution in [-0.2, 0) is 5.41 Å². The van der Waals surface area contributed by atoms with Gasteiger partial charge < -0.3 is 14.5 Å². The Kier molecular flexibility index (Phi) is 5.44. The van der Waals surface area contributed by atoms with Crippen LogP contribution in [0.1, 0.15) is 50.9 Å². The molecule has 3 aliphatic rings. The summed E-state index contributed by atoms with van der Waals surface area (Å²) < 4.78 is 11.2. The molecule has 0 saturated heterocycles. The van der Waals surface area contributed by atoms with Crippen LogP contribution >= 0.6 is 11.5 Å². The molecule has 180 valence electrons. The number of anilines is 1. The predicted molar refractivity (Wildman–Crippen MR) is 143 cm³/mol. The fourth-order valence-electron chi connectivity index (χ4n) is 6.38. The van der Waals surface area contributed by atoms with Crippen LogP contribution in [-0.4, -0.2) is 40.7 Å². The van der Waals surface area contributed by atoms with Gasteiger partial charge in [0.2, 0.25) is 0 Å². The van der Waals surface area contributed by atoms with Crippen LogP contribution < -0.4 is 9.64 Å². The highest BCUT2D eigenvalue weighted by atomic mass is 32.1. The number of aromatic nitrogens is 2. The molecule has 1 aromatic heterocycles. The number of nitrogens with zero attached hydrogens (tertiary/aromatic N) is 4. The lowest BCUT2D eigenvalue weighted by Crippen LogP contribution is -2.43. The molecular formula is C29H32N4OS. The molecule has 2 heterocycles. The van der Waals surface area contributed by atoms with Gasteiger partial charge in [-0.15, -0.1) is 5.10 Å². The van der Waals surface area contributed by atoms with Gasteiger partial charge in [0.15, 0.2) is 0 Å². The van der Waals surface area contributed by atoms with Crippen LogP contribution in [0.15, 0.2) is 66.1 Å². The Bertz CT molecular complexity index is 1330. The Balaban J connectivity index is 1.61. The van der Waals surface area contributed by atoms with Crippen LogP contribution in [0.25, 0.3) is 10.4 Å². The van der Waals surface area contributed by atoms with Gasteiger partial charge in [0.1, 0.15) is 11.5 Å². The lowest BCUT2D eigenvalue weighted by Gasteiger charge is -2.45. The van der Waals surface area contributed by atoms with E-state index in [2.05, 4.69) is 96.6 Å². The second-order valence-corrected chi connectivity index (χ2v) is 10.1. The van der Waals surface area contributed by atoms with E-state index in [4.69, 9.17) is 9.84 Å². The lowest BCUT2D eigenvalue weighted by molar-refractivity contribution is 0.243. The van der Waals surface area contributed by atoms with E-state index < -0.39 is 5.41 Å². The smallest absolute Gasteiger partial charge is 0.133 e. The first kappa shape index (κ1) is 22.4. The van der Waals surface area contributed by atoms with Crippen molar-refractivity contribution in [3.05, 3.63) is 82.9 Å². The molecule has 2 aromatic carbocycles. The van der Waals surface area contributed by atoms with E-state index in [-0.39, 0.29) is 5.92 Å². The first-order chi connectivity index (χ1) is 17.2. The summed E-state index contributed by atoms with van der Waals surface area (Å²) in [6.45, 7) is 12.7. The summed E-state index contributed by atoms with van der Waals surface area (Å²) in [5.41, 5.74) is 6.92. The summed E-state index contributed by atoms with van der Waals surface area (Å²) in [5, 5.41) is 4.80. The lowest BCUT2D eigenvalue weighted by atomic mass is 9.61. The van der Waals surface area contributed by atoms with Gasteiger partial charge in [-0.3, -0.25) is 0 Å². The number of likely N-dealkylation sites (N-methyl/N-ethyl adjacent to an activating group) is 1. The monoisotopic (exact) mass is 484 g/mol. The molecule has 0 amide bonds. The highest BCUT2D eigenvalue weighted by molar-refractivity contribution is 7.09. The molecule has 1 spiro atoms. The molecule has 2 aliphatic carbocycles. The van der Waals surface area contributed by atoms with Crippen molar-refractivity contribution >= 4 is 17.2 Å². The fraction of sp³-hybridized carbons (Fsp3) is 0.379. The van der Waals surface area contributed by atoms with E-state index in [0.717, 1.165) is 49.8 Å². The van der Waals surface area contributed by atoms with Gasteiger partial charge in [-0.05, 0) is 68.9 Å². The first-order valence-corrected chi connectivity index (χ1v) is 13.6. The van der Waals surface area contributed by atoms with Crippen molar-refractivity contribution in [1.82, 2.24) is 14.5 Å². The van der Waals surface area contributed by atoms with E-state index >= 15 is 0 Å². The zero-order valence-corrected chi connectivity index (χ0v) is 21.7. The maximum absolute atomic E-state index is 6.80. The average Bonchev–Trinajstić information content (AvgIpc) is 3.47. The van der Waals surface area contributed by atoms with Gasteiger partial charge in [0.25, 0.3) is 0 Å². The van der Waals surface area contributed by atoms with Gasteiger partial charge in [0, 0.05) is 55.1 Å².